The number of nitrogens with one attached hydrogen (secondary N) is 1. The van der Waals surface area contributed by atoms with Crippen molar-refractivity contribution in [3.05, 3.63) is 15.6 Å². The van der Waals surface area contributed by atoms with Gasteiger partial charge < -0.3 is 5.32 Å². The first-order chi connectivity index (χ1) is 7.63. The van der Waals surface area contributed by atoms with Crippen molar-refractivity contribution < 1.29 is 0 Å². The van der Waals surface area contributed by atoms with Crippen LogP contribution in [0.25, 0.3) is 0 Å². The Morgan fingerprint density at radius 2 is 2.06 bits per heavy atom. The first-order valence-corrected chi connectivity index (χ1v) is 7.11. The lowest BCUT2D eigenvalue weighted by Crippen LogP contribution is -2.25. The molecule has 3 heteroatoms. The minimum Gasteiger partial charge on any atom is -0.308 e. The van der Waals surface area contributed by atoms with E-state index >= 15 is 0 Å². The lowest BCUT2D eigenvalue weighted by Gasteiger charge is -2.11. The van der Waals surface area contributed by atoms with Crippen LogP contribution in [0.15, 0.2) is 0 Å². The number of nitrogens with zero attached hydrogens (tertiary/aromatic N) is 1. The smallest absolute Gasteiger partial charge is 0.107 e. The van der Waals surface area contributed by atoms with Crippen LogP contribution in [0.1, 0.15) is 55.1 Å². The fourth-order valence-corrected chi connectivity index (χ4v) is 2.56. The van der Waals surface area contributed by atoms with Crippen molar-refractivity contribution in [2.75, 3.05) is 0 Å². The standard InChI is InChI=1S/C13H24N2S/c1-5-6-7-8-10(2)14-9-13-15-11(3)12(4)16-13/h10,14H,5-9H2,1-4H3. The Labute approximate surface area is 103 Å². The van der Waals surface area contributed by atoms with Gasteiger partial charge in [-0.3, -0.25) is 0 Å². The maximum Gasteiger partial charge on any atom is 0.107 e. The summed E-state index contributed by atoms with van der Waals surface area (Å²) in [5.41, 5.74) is 1.18. The molecule has 92 valence electrons. The summed E-state index contributed by atoms with van der Waals surface area (Å²) in [7, 11) is 0. The maximum absolute atomic E-state index is 4.53. The van der Waals surface area contributed by atoms with E-state index in [-0.39, 0.29) is 0 Å². The highest BCUT2D eigenvalue weighted by Gasteiger charge is 2.05. The molecule has 0 saturated heterocycles. The van der Waals surface area contributed by atoms with Gasteiger partial charge in [0.1, 0.15) is 5.01 Å². The van der Waals surface area contributed by atoms with E-state index in [1.54, 1.807) is 0 Å². The zero-order chi connectivity index (χ0) is 12.0. The molecule has 16 heavy (non-hydrogen) atoms. The molecular formula is C13H24N2S. The second kappa shape index (κ2) is 7.02. The van der Waals surface area contributed by atoms with E-state index in [0.717, 1.165) is 6.54 Å². The normalized spacial score (nSPS) is 13.0. The largest absolute Gasteiger partial charge is 0.308 e. The molecule has 0 aromatic carbocycles. The predicted octanol–water partition coefficient (Wildman–Crippen LogP) is 3.82. The predicted molar refractivity (Wildman–Crippen MR) is 72.0 cm³/mol. The quantitative estimate of drug-likeness (QED) is 0.733. The average Bonchev–Trinajstić information content (AvgIpc) is 2.56. The van der Waals surface area contributed by atoms with Crippen LogP contribution in [0.5, 0.6) is 0 Å². The summed E-state index contributed by atoms with van der Waals surface area (Å²) in [4.78, 5) is 5.88. The Balaban J connectivity index is 2.23. The Kier molecular flexibility index (Phi) is 5.99. The highest BCUT2D eigenvalue weighted by atomic mass is 32.1. The van der Waals surface area contributed by atoms with E-state index in [1.165, 1.54) is 41.3 Å². The van der Waals surface area contributed by atoms with Crippen molar-refractivity contribution in [2.45, 2.75) is 66.0 Å². The summed E-state index contributed by atoms with van der Waals surface area (Å²) in [6, 6.07) is 0.607. The molecule has 1 atom stereocenters. The minimum atomic E-state index is 0.607. The van der Waals surface area contributed by atoms with Gasteiger partial charge in [0.15, 0.2) is 0 Å². The number of thiazole rings is 1. The van der Waals surface area contributed by atoms with Gasteiger partial charge in [-0.05, 0) is 27.2 Å². The molecule has 0 saturated carbocycles. The van der Waals surface area contributed by atoms with Crippen LogP contribution in [-0.4, -0.2) is 11.0 Å². The third-order valence-electron chi connectivity index (χ3n) is 2.92. The molecule has 1 heterocycles. The Bertz CT molecular complexity index is 287. The van der Waals surface area contributed by atoms with Gasteiger partial charge in [0.25, 0.3) is 0 Å². The van der Waals surface area contributed by atoms with Gasteiger partial charge in [-0.1, -0.05) is 26.2 Å². The molecule has 0 spiro atoms. The first-order valence-electron chi connectivity index (χ1n) is 6.29. The number of rotatable bonds is 7. The molecule has 1 N–H and O–H groups in total. The van der Waals surface area contributed by atoms with Crippen LogP contribution in [0, 0.1) is 13.8 Å². The minimum absolute atomic E-state index is 0.607. The second-order valence-corrected chi connectivity index (χ2v) is 5.81. The number of aromatic nitrogens is 1. The maximum atomic E-state index is 4.53. The highest BCUT2D eigenvalue weighted by molar-refractivity contribution is 7.11. The van der Waals surface area contributed by atoms with E-state index in [9.17, 15) is 0 Å². The van der Waals surface area contributed by atoms with Crippen LogP contribution in [-0.2, 0) is 6.54 Å². The lowest BCUT2D eigenvalue weighted by molar-refractivity contribution is 0.486. The molecule has 0 aliphatic carbocycles. The molecular weight excluding hydrogens is 216 g/mol. The third-order valence-corrected chi connectivity index (χ3v) is 3.99. The molecule has 1 aromatic rings. The molecule has 0 fully saturated rings. The lowest BCUT2D eigenvalue weighted by atomic mass is 10.1. The van der Waals surface area contributed by atoms with Gasteiger partial charge in [-0.15, -0.1) is 11.3 Å². The van der Waals surface area contributed by atoms with Crippen LogP contribution in [0.4, 0.5) is 0 Å². The molecule has 0 aliphatic rings. The van der Waals surface area contributed by atoms with Crippen molar-refractivity contribution in [1.82, 2.24) is 10.3 Å². The van der Waals surface area contributed by atoms with E-state index in [1.807, 2.05) is 11.3 Å². The van der Waals surface area contributed by atoms with E-state index in [4.69, 9.17) is 0 Å². The molecule has 1 aromatic heterocycles. The zero-order valence-corrected chi connectivity index (χ0v) is 11.8. The van der Waals surface area contributed by atoms with Crippen LogP contribution in [0.2, 0.25) is 0 Å². The second-order valence-electron chi connectivity index (χ2n) is 4.53. The number of aryl methyl sites for hydroxylation is 2. The van der Waals surface area contributed by atoms with Gasteiger partial charge >= 0.3 is 0 Å². The Hall–Kier alpha value is -0.410. The van der Waals surface area contributed by atoms with Gasteiger partial charge in [-0.2, -0.15) is 0 Å². The van der Waals surface area contributed by atoms with E-state index in [0.29, 0.717) is 6.04 Å². The number of hydrogen-bond acceptors (Lipinski definition) is 3. The SMILES string of the molecule is CCCCCC(C)NCc1nc(C)c(C)s1. The summed E-state index contributed by atoms with van der Waals surface area (Å²) in [6.45, 7) is 9.66. The number of hydrogen-bond donors (Lipinski definition) is 1. The molecule has 0 amide bonds. The monoisotopic (exact) mass is 240 g/mol. The number of unbranched alkanes of at least 4 members (excludes halogenated alkanes) is 2. The van der Waals surface area contributed by atoms with Gasteiger partial charge in [0.2, 0.25) is 0 Å². The van der Waals surface area contributed by atoms with Crippen molar-refractivity contribution in [3.63, 3.8) is 0 Å². The van der Waals surface area contributed by atoms with E-state index < -0.39 is 0 Å². The fourth-order valence-electron chi connectivity index (χ4n) is 1.68. The van der Waals surface area contributed by atoms with Crippen LogP contribution in [0.3, 0.4) is 0 Å². The summed E-state index contributed by atoms with van der Waals surface area (Å²) in [5, 5.41) is 4.77. The van der Waals surface area contributed by atoms with Crippen LogP contribution < -0.4 is 5.32 Å². The third kappa shape index (κ3) is 4.62. The first kappa shape index (κ1) is 13.7. The Morgan fingerprint density at radius 1 is 1.31 bits per heavy atom. The molecule has 1 rings (SSSR count). The molecule has 0 aliphatic heterocycles. The molecule has 1 unspecified atom stereocenters. The van der Waals surface area contributed by atoms with Crippen molar-refractivity contribution in [2.24, 2.45) is 0 Å². The van der Waals surface area contributed by atoms with Crippen LogP contribution >= 0.6 is 11.3 Å². The molecule has 2 nitrogen and oxygen atoms in total. The molecule has 0 radical (unpaired) electrons. The summed E-state index contributed by atoms with van der Waals surface area (Å²) >= 11 is 1.81. The molecule has 0 bridgehead atoms. The summed E-state index contributed by atoms with van der Waals surface area (Å²) < 4.78 is 0. The highest BCUT2D eigenvalue weighted by Crippen LogP contribution is 2.16. The van der Waals surface area contributed by atoms with Crippen molar-refractivity contribution in [1.29, 1.82) is 0 Å². The van der Waals surface area contributed by atoms with Crippen molar-refractivity contribution >= 4 is 11.3 Å². The zero-order valence-electron chi connectivity index (χ0n) is 11.0. The topological polar surface area (TPSA) is 24.9 Å². The fraction of sp³-hybridized carbons (Fsp3) is 0.769. The average molecular weight is 240 g/mol. The van der Waals surface area contributed by atoms with Gasteiger partial charge in [0, 0.05) is 17.5 Å². The summed E-state index contributed by atoms with van der Waals surface area (Å²) in [6.07, 6.45) is 5.26. The van der Waals surface area contributed by atoms with Crippen molar-refractivity contribution in [3.8, 4) is 0 Å². The summed E-state index contributed by atoms with van der Waals surface area (Å²) in [5.74, 6) is 0. The van der Waals surface area contributed by atoms with E-state index in [2.05, 4.69) is 38.0 Å². The Morgan fingerprint density at radius 3 is 2.62 bits per heavy atom. The van der Waals surface area contributed by atoms with Gasteiger partial charge in [0.05, 0.1) is 5.69 Å². The van der Waals surface area contributed by atoms with Gasteiger partial charge in [-0.25, -0.2) is 4.98 Å².